The summed E-state index contributed by atoms with van der Waals surface area (Å²) in [5.41, 5.74) is 0. The first-order chi connectivity index (χ1) is 9.36. The number of piperazine rings is 1. The number of benzene rings is 1. The summed E-state index contributed by atoms with van der Waals surface area (Å²) in [6, 6.07) is 4.22. The van der Waals surface area contributed by atoms with Gasteiger partial charge in [-0.2, -0.15) is 4.31 Å². The standard InChI is InChI=1S/C13H18BrFN2O2S/c1-3-11-9-17(7-6-16(11)2)20(18,19)13-5-4-10(14)8-12(13)15/h4-5,8,11H,3,6-7,9H2,1-2H3. The van der Waals surface area contributed by atoms with E-state index in [0.29, 0.717) is 24.1 Å². The zero-order valence-electron chi connectivity index (χ0n) is 11.5. The molecule has 1 atom stereocenters. The quantitative estimate of drug-likeness (QED) is 0.826. The molecule has 1 aromatic rings. The third-order valence-corrected chi connectivity index (χ3v) is 6.11. The van der Waals surface area contributed by atoms with Crippen molar-refractivity contribution in [2.24, 2.45) is 0 Å². The zero-order chi connectivity index (χ0) is 14.9. The van der Waals surface area contributed by atoms with E-state index in [9.17, 15) is 12.8 Å². The van der Waals surface area contributed by atoms with E-state index in [2.05, 4.69) is 20.8 Å². The molecular weight excluding hydrogens is 347 g/mol. The van der Waals surface area contributed by atoms with Crippen molar-refractivity contribution in [2.45, 2.75) is 24.3 Å². The van der Waals surface area contributed by atoms with E-state index in [-0.39, 0.29) is 10.9 Å². The fraction of sp³-hybridized carbons (Fsp3) is 0.538. The van der Waals surface area contributed by atoms with Crippen molar-refractivity contribution in [2.75, 3.05) is 26.7 Å². The van der Waals surface area contributed by atoms with Crippen molar-refractivity contribution in [1.82, 2.24) is 9.21 Å². The Morgan fingerprint density at radius 2 is 2.10 bits per heavy atom. The Morgan fingerprint density at radius 1 is 1.40 bits per heavy atom. The van der Waals surface area contributed by atoms with Crippen LogP contribution in [0.1, 0.15) is 13.3 Å². The summed E-state index contributed by atoms with van der Waals surface area (Å²) >= 11 is 3.13. The highest BCUT2D eigenvalue weighted by Gasteiger charge is 2.33. The highest BCUT2D eigenvalue weighted by molar-refractivity contribution is 9.10. The highest BCUT2D eigenvalue weighted by Crippen LogP contribution is 2.24. The Labute approximate surface area is 127 Å². The fourth-order valence-electron chi connectivity index (χ4n) is 2.40. The van der Waals surface area contributed by atoms with E-state index in [1.54, 1.807) is 6.07 Å². The molecule has 1 aromatic carbocycles. The number of likely N-dealkylation sites (N-methyl/N-ethyl adjacent to an activating group) is 1. The predicted molar refractivity (Wildman–Crippen MR) is 79.6 cm³/mol. The van der Waals surface area contributed by atoms with Crippen LogP contribution in [0.15, 0.2) is 27.6 Å². The van der Waals surface area contributed by atoms with Crippen molar-refractivity contribution in [3.05, 3.63) is 28.5 Å². The number of rotatable bonds is 3. The summed E-state index contributed by atoms with van der Waals surface area (Å²) in [6.45, 7) is 3.49. The predicted octanol–water partition coefficient (Wildman–Crippen LogP) is 2.30. The first-order valence-electron chi connectivity index (χ1n) is 6.51. The molecule has 0 saturated carbocycles. The lowest BCUT2D eigenvalue weighted by Crippen LogP contribution is -2.52. The lowest BCUT2D eigenvalue weighted by molar-refractivity contribution is 0.144. The highest BCUT2D eigenvalue weighted by atomic mass is 79.9. The Bertz CT molecular complexity index is 594. The summed E-state index contributed by atoms with van der Waals surface area (Å²) in [4.78, 5) is 1.89. The molecule has 0 amide bonds. The molecule has 1 heterocycles. The minimum absolute atomic E-state index is 0.178. The molecule has 1 aliphatic rings. The summed E-state index contributed by atoms with van der Waals surface area (Å²) in [5, 5.41) is 0. The van der Waals surface area contributed by atoms with Crippen LogP contribution in [0.3, 0.4) is 0 Å². The SMILES string of the molecule is CCC1CN(S(=O)(=O)c2ccc(Br)cc2F)CCN1C. The largest absolute Gasteiger partial charge is 0.301 e. The molecule has 2 rings (SSSR count). The van der Waals surface area contributed by atoms with Gasteiger partial charge < -0.3 is 4.90 Å². The molecule has 1 unspecified atom stereocenters. The average Bonchev–Trinajstić information content (AvgIpc) is 2.38. The molecule has 0 bridgehead atoms. The Balaban J connectivity index is 2.31. The Hall–Kier alpha value is -0.500. The van der Waals surface area contributed by atoms with Crippen LogP contribution in [-0.4, -0.2) is 50.3 Å². The molecule has 1 fully saturated rings. The van der Waals surface area contributed by atoms with Crippen molar-refractivity contribution in [1.29, 1.82) is 0 Å². The molecule has 20 heavy (non-hydrogen) atoms. The maximum Gasteiger partial charge on any atom is 0.246 e. The average molecular weight is 365 g/mol. The van der Waals surface area contributed by atoms with Gasteiger partial charge in [0, 0.05) is 30.1 Å². The van der Waals surface area contributed by atoms with E-state index in [4.69, 9.17) is 0 Å². The minimum Gasteiger partial charge on any atom is -0.301 e. The van der Waals surface area contributed by atoms with Gasteiger partial charge in [0.15, 0.2) is 0 Å². The molecule has 0 radical (unpaired) electrons. The molecule has 0 aliphatic carbocycles. The van der Waals surface area contributed by atoms with Gasteiger partial charge in [0.2, 0.25) is 10.0 Å². The van der Waals surface area contributed by atoms with Gasteiger partial charge in [-0.25, -0.2) is 12.8 Å². The van der Waals surface area contributed by atoms with E-state index in [0.717, 1.165) is 6.42 Å². The minimum atomic E-state index is -3.77. The lowest BCUT2D eigenvalue weighted by atomic mass is 10.1. The van der Waals surface area contributed by atoms with Crippen LogP contribution in [0.25, 0.3) is 0 Å². The molecule has 0 N–H and O–H groups in total. The fourth-order valence-corrected chi connectivity index (χ4v) is 4.25. The van der Waals surface area contributed by atoms with Gasteiger partial charge in [-0.05, 0) is 31.7 Å². The third-order valence-electron chi connectivity index (χ3n) is 3.72. The van der Waals surface area contributed by atoms with Gasteiger partial charge in [-0.15, -0.1) is 0 Å². The number of sulfonamides is 1. The van der Waals surface area contributed by atoms with E-state index < -0.39 is 15.8 Å². The molecule has 1 aliphatic heterocycles. The van der Waals surface area contributed by atoms with Gasteiger partial charge in [-0.1, -0.05) is 22.9 Å². The topological polar surface area (TPSA) is 40.6 Å². The first-order valence-corrected chi connectivity index (χ1v) is 8.75. The van der Waals surface area contributed by atoms with Crippen molar-refractivity contribution in [3.63, 3.8) is 0 Å². The maximum absolute atomic E-state index is 13.9. The normalized spacial score (nSPS) is 22.1. The first kappa shape index (κ1) is 15.9. The number of halogens is 2. The van der Waals surface area contributed by atoms with Crippen LogP contribution >= 0.6 is 15.9 Å². The summed E-state index contributed by atoms with van der Waals surface area (Å²) in [6.07, 6.45) is 0.866. The van der Waals surface area contributed by atoms with Crippen LogP contribution in [0.5, 0.6) is 0 Å². The molecule has 0 aromatic heterocycles. The molecule has 4 nitrogen and oxygen atoms in total. The molecule has 1 saturated heterocycles. The van der Waals surface area contributed by atoms with Crippen LogP contribution in [0.4, 0.5) is 4.39 Å². The van der Waals surface area contributed by atoms with E-state index in [1.807, 2.05) is 14.0 Å². The number of nitrogens with zero attached hydrogens (tertiary/aromatic N) is 2. The van der Waals surface area contributed by atoms with Crippen LogP contribution < -0.4 is 0 Å². The van der Waals surface area contributed by atoms with Crippen molar-refractivity contribution < 1.29 is 12.8 Å². The smallest absolute Gasteiger partial charge is 0.246 e. The lowest BCUT2D eigenvalue weighted by Gasteiger charge is -2.38. The Kier molecular flexibility index (Phi) is 4.84. The van der Waals surface area contributed by atoms with Gasteiger partial charge in [0.25, 0.3) is 0 Å². The summed E-state index contributed by atoms with van der Waals surface area (Å²) in [7, 11) is -1.78. The monoisotopic (exact) mass is 364 g/mol. The molecule has 112 valence electrons. The van der Waals surface area contributed by atoms with Crippen molar-refractivity contribution in [3.8, 4) is 0 Å². The van der Waals surface area contributed by atoms with E-state index in [1.165, 1.54) is 16.4 Å². The second-order valence-electron chi connectivity index (χ2n) is 4.98. The maximum atomic E-state index is 13.9. The second-order valence-corrected chi connectivity index (χ2v) is 7.80. The number of hydrogen-bond acceptors (Lipinski definition) is 3. The molecular formula is C13H18BrFN2O2S. The van der Waals surface area contributed by atoms with Gasteiger partial charge in [0.1, 0.15) is 10.7 Å². The van der Waals surface area contributed by atoms with Gasteiger partial charge in [-0.3, -0.25) is 0 Å². The summed E-state index contributed by atoms with van der Waals surface area (Å²) < 4.78 is 40.9. The van der Waals surface area contributed by atoms with E-state index >= 15 is 0 Å². The molecule has 7 heteroatoms. The number of hydrogen-bond donors (Lipinski definition) is 0. The van der Waals surface area contributed by atoms with Crippen molar-refractivity contribution >= 4 is 26.0 Å². The Morgan fingerprint density at radius 3 is 2.70 bits per heavy atom. The second kappa shape index (κ2) is 6.09. The van der Waals surface area contributed by atoms with Gasteiger partial charge >= 0.3 is 0 Å². The summed E-state index contributed by atoms with van der Waals surface area (Å²) in [5.74, 6) is -0.716. The van der Waals surface area contributed by atoms with Gasteiger partial charge in [0.05, 0.1) is 0 Å². The third kappa shape index (κ3) is 3.05. The molecule has 0 spiro atoms. The van der Waals surface area contributed by atoms with Crippen LogP contribution in [-0.2, 0) is 10.0 Å². The zero-order valence-corrected chi connectivity index (χ0v) is 13.9. The van der Waals surface area contributed by atoms with Crippen LogP contribution in [0, 0.1) is 5.82 Å². The van der Waals surface area contributed by atoms with Crippen LogP contribution in [0.2, 0.25) is 0 Å².